The molecule has 0 bridgehead atoms. The number of benzene rings is 2. The van der Waals surface area contributed by atoms with Crippen LogP contribution in [-0.4, -0.2) is 48.8 Å². The van der Waals surface area contributed by atoms with Crippen molar-refractivity contribution < 1.29 is 9.59 Å². The van der Waals surface area contributed by atoms with Gasteiger partial charge in [0.05, 0.1) is 11.8 Å². The Balaban J connectivity index is 0.00000240. The average Bonchev–Trinajstić information content (AvgIpc) is 2.98. The van der Waals surface area contributed by atoms with Gasteiger partial charge < -0.3 is 4.90 Å². The predicted molar refractivity (Wildman–Crippen MR) is 117 cm³/mol. The zero-order valence-electron chi connectivity index (χ0n) is 16.8. The highest BCUT2D eigenvalue weighted by atomic mass is 35.5. The first-order valence-corrected chi connectivity index (χ1v) is 9.86. The van der Waals surface area contributed by atoms with Gasteiger partial charge in [0.1, 0.15) is 0 Å². The number of imide groups is 1. The van der Waals surface area contributed by atoms with Gasteiger partial charge in [0.15, 0.2) is 0 Å². The molecule has 4 nitrogen and oxygen atoms in total. The number of likely N-dealkylation sites (N-methyl/N-ethyl adjacent to an activating group) is 1. The summed E-state index contributed by atoms with van der Waals surface area (Å²) in [6.07, 6.45) is 4.27. The summed E-state index contributed by atoms with van der Waals surface area (Å²) in [4.78, 5) is 30.3. The topological polar surface area (TPSA) is 40.6 Å². The summed E-state index contributed by atoms with van der Waals surface area (Å²) in [7, 11) is 3.92. The molecule has 4 rings (SSSR count). The van der Waals surface area contributed by atoms with Crippen molar-refractivity contribution in [1.29, 1.82) is 0 Å². The number of amides is 2. The van der Waals surface area contributed by atoms with Crippen LogP contribution in [0.4, 0.5) is 0 Å². The fourth-order valence-electron chi connectivity index (χ4n) is 4.52. The SMILES string of the molecule is CN(C)CCN1C(=O)C2C(c3ccccc3)C=CC(c3ccccc3)C2C1=O.Cl. The van der Waals surface area contributed by atoms with E-state index >= 15 is 0 Å². The molecule has 1 fully saturated rings. The second-order valence-electron chi connectivity index (χ2n) is 7.94. The number of likely N-dealkylation sites (tertiary alicyclic amines) is 1. The Hall–Kier alpha value is -2.43. The van der Waals surface area contributed by atoms with E-state index in [1.807, 2.05) is 55.4 Å². The van der Waals surface area contributed by atoms with Crippen LogP contribution in [0.1, 0.15) is 23.0 Å². The molecule has 0 aromatic heterocycles. The quantitative estimate of drug-likeness (QED) is 0.557. The molecule has 0 saturated carbocycles. The summed E-state index contributed by atoms with van der Waals surface area (Å²) < 4.78 is 0. The van der Waals surface area contributed by atoms with E-state index in [0.29, 0.717) is 13.1 Å². The first-order chi connectivity index (χ1) is 13.6. The van der Waals surface area contributed by atoms with Gasteiger partial charge in [0.2, 0.25) is 11.8 Å². The van der Waals surface area contributed by atoms with Crippen molar-refractivity contribution >= 4 is 24.2 Å². The summed E-state index contributed by atoms with van der Waals surface area (Å²) in [6, 6.07) is 20.1. The maximum absolute atomic E-state index is 13.4. The van der Waals surface area contributed by atoms with Gasteiger partial charge in [0, 0.05) is 24.9 Å². The number of nitrogens with zero attached hydrogens (tertiary/aromatic N) is 2. The molecule has 4 atom stereocenters. The van der Waals surface area contributed by atoms with Crippen LogP contribution in [0.3, 0.4) is 0 Å². The minimum Gasteiger partial charge on any atom is -0.308 e. The number of rotatable bonds is 5. The third-order valence-corrected chi connectivity index (χ3v) is 5.93. The van der Waals surface area contributed by atoms with Gasteiger partial charge in [-0.1, -0.05) is 72.8 Å². The molecule has 152 valence electrons. The Kier molecular flexibility index (Phi) is 6.56. The fraction of sp³-hybridized carbons (Fsp3) is 0.333. The van der Waals surface area contributed by atoms with Gasteiger partial charge >= 0.3 is 0 Å². The minimum atomic E-state index is -0.340. The summed E-state index contributed by atoms with van der Waals surface area (Å²) >= 11 is 0. The average molecular weight is 411 g/mol. The molecule has 29 heavy (non-hydrogen) atoms. The fourth-order valence-corrected chi connectivity index (χ4v) is 4.52. The van der Waals surface area contributed by atoms with Crippen molar-refractivity contribution in [2.45, 2.75) is 11.8 Å². The second-order valence-corrected chi connectivity index (χ2v) is 7.94. The molecule has 0 radical (unpaired) electrons. The molecule has 1 aliphatic heterocycles. The van der Waals surface area contributed by atoms with Gasteiger partial charge in [-0.25, -0.2) is 0 Å². The van der Waals surface area contributed by atoms with E-state index in [1.54, 1.807) is 0 Å². The van der Waals surface area contributed by atoms with Crippen molar-refractivity contribution in [2.75, 3.05) is 27.2 Å². The van der Waals surface area contributed by atoms with E-state index in [2.05, 4.69) is 36.4 Å². The molecule has 2 aromatic rings. The number of hydrogen-bond acceptors (Lipinski definition) is 3. The molecule has 1 heterocycles. The van der Waals surface area contributed by atoms with Crippen molar-refractivity contribution in [3.8, 4) is 0 Å². The summed E-state index contributed by atoms with van der Waals surface area (Å²) in [6.45, 7) is 1.12. The molecule has 2 aliphatic rings. The van der Waals surface area contributed by atoms with E-state index in [9.17, 15) is 9.59 Å². The van der Waals surface area contributed by atoms with Gasteiger partial charge in [-0.2, -0.15) is 0 Å². The van der Waals surface area contributed by atoms with Crippen LogP contribution in [0.25, 0.3) is 0 Å². The lowest BCUT2D eigenvalue weighted by Crippen LogP contribution is -2.37. The zero-order valence-corrected chi connectivity index (χ0v) is 17.6. The second kappa shape index (κ2) is 8.93. The highest BCUT2D eigenvalue weighted by Crippen LogP contribution is 2.49. The van der Waals surface area contributed by atoms with Gasteiger partial charge in [-0.3, -0.25) is 14.5 Å². The molecule has 0 spiro atoms. The van der Waals surface area contributed by atoms with E-state index in [-0.39, 0.29) is 47.9 Å². The summed E-state index contributed by atoms with van der Waals surface area (Å²) in [5.41, 5.74) is 2.19. The lowest BCUT2D eigenvalue weighted by Gasteiger charge is -2.32. The lowest BCUT2D eigenvalue weighted by molar-refractivity contribution is -0.140. The van der Waals surface area contributed by atoms with E-state index in [1.165, 1.54) is 4.90 Å². The molecule has 0 N–H and O–H groups in total. The summed E-state index contributed by atoms with van der Waals surface area (Å²) in [5.74, 6) is -0.870. The number of halogens is 1. The highest BCUT2D eigenvalue weighted by Gasteiger charge is 2.54. The van der Waals surface area contributed by atoms with Crippen molar-refractivity contribution in [2.24, 2.45) is 11.8 Å². The lowest BCUT2D eigenvalue weighted by atomic mass is 9.68. The first kappa shape index (κ1) is 21.3. The van der Waals surface area contributed by atoms with E-state index in [0.717, 1.165) is 11.1 Å². The van der Waals surface area contributed by atoms with Gasteiger partial charge in [-0.15, -0.1) is 12.4 Å². The Bertz CT molecular complexity index is 815. The number of carbonyl (C=O) groups is 2. The van der Waals surface area contributed by atoms with Crippen LogP contribution >= 0.6 is 12.4 Å². The van der Waals surface area contributed by atoms with Crippen molar-refractivity contribution in [1.82, 2.24) is 9.80 Å². The monoisotopic (exact) mass is 410 g/mol. The van der Waals surface area contributed by atoms with Gasteiger partial charge in [0.25, 0.3) is 0 Å². The number of fused-ring (bicyclic) bond motifs is 1. The van der Waals surface area contributed by atoms with E-state index in [4.69, 9.17) is 0 Å². The Morgan fingerprint density at radius 1 is 0.759 bits per heavy atom. The largest absolute Gasteiger partial charge is 0.308 e. The number of hydrogen-bond donors (Lipinski definition) is 0. The number of allylic oxidation sites excluding steroid dienone is 2. The molecular formula is C24H27ClN2O2. The molecule has 1 saturated heterocycles. The molecule has 1 aliphatic carbocycles. The van der Waals surface area contributed by atoms with Crippen LogP contribution in [0, 0.1) is 11.8 Å². The Morgan fingerprint density at radius 3 is 1.55 bits per heavy atom. The smallest absolute Gasteiger partial charge is 0.234 e. The van der Waals surface area contributed by atoms with E-state index < -0.39 is 0 Å². The third kappa shape index (κ3) is 4.00. The maximum Gasteiger partial charge on any atom is 0.234 e. The molecule has 2 aromatic carbocycles. The molecule has 4 unspecified atom stereocenters. The molecular weight excluding hydrogens is 384 g/mol. The van der Waals surface area contributed by atoms with Crippen LogP contribution < -0.4 is 0 Å². The minimum absolute atomic E-state index is 0. The van der Waals surface area contributed by atoms with Crippen molar-refractivity contribution in [3.05, 3.63) is 83.9 Å². The molecule has 5 heteroatoms. The Morgan fingerprint density at radius 2 is 1.17 bits per heavy atom. The standard InChI is InChI=1S/C24H26N2O2.ClH/c1-25(2)15-16-26-23(27)21-19(17-9-5-3-6-10-17)13-14-20(22(21)24(26)28)18-11-7-4-8-12-18;/h3-14,19-22H,15-16H2,1-2H3;1H. The van der Waals surface area contributed by atoms with Gasteiger partial charge in [-0.05, 0) is 25.2 Å². The van der Waals surface area contributed by atoms with Crippen LogP contribution in [0.5, 0.6) is 0 Å². The zero-order chi connectivity index (χ0) is 19.7. The van der Waals surface area contributed by atoms with Crippen LogP contribution in [-0.2, 0) is 9.59 Å². The first-order valence-electron chi connectivity index (χ1n) is 9.86. The van der Waals surface area contributed by atoms with Crippen molar-refractivity contribution in [3.63, 3.8) is 0 Å². The van der Waals surface area contributed by atoms with Crippen LogP contribution in [0.2, 0.25) is 0 Å². The maximum atomic E-state index is 13.4. The normalized spacial score (nSPS) is 25.8. The molecule has 2 amide bonds. The number of carbonyl (C=O) groups excluding carboxylic acids is 2. The summed E-state index contributed by atoms with van der Waals surface area (Å²) in [5, 5.41) is 0. The Labute approximate surface area is 178 Å². The predicted octanol–water partition coefficient (Wildman–Crippen LogP) is 3.71. The third-order valence-electron chi connectivity index (χ3n) is 5.93. The van der Waals surface area contributed by atoms with Crippen LogP contribution in [0.15, 0.2) is 72.8 Å². The highest BCUT2D eigenvalue weighted by molar-refractivity contribution is 6.06.